The van der Waals surface area contributed by atoms with E-state index in [1.807, 2.05) is 6.07 Å². The second-order valence-electron chi connectivity index (χ2n) is 5.48. The highest BCUT2D eigenvalue weighted by atomic mass is 16.1. The van der Waals surface area contributed by atoms with Crippen LogP contribution in [0, 0.1) is 0 Å². The van der Waals surface area contributed by atoms with E-state index in [1.54, 1.807) is 61.3 Å². The maximum absolute atomic E-state index is 12.5. The highest BCUT2D eigenvalue weighted by Gasteiger charge is 2.08. The topological polar surface area (TPSA) is 111 Å². The fraction of sp³-hybridized carbons (Fsp3) is 0. The van der Waals surface area contributed by atoms with E-state index in [4.69, 9.17) is 0 Å². The van der Waals surface area contributed by atoms with Crippen LogP contribution in [0.5, 0.6) is 0 Å². The van der Waals surface area contributed by atoms with E-state index in [0.717, 1.165) is 0 Å². The zero-order valence-corrected chi connectivity index (χ0v) is 14.0. The predicted octanol–water partition coefficient (Wildman–Crippen LogP) is 2.45. The molecule has 0 aliphatic rings. The van der Waals surface area contributed by atoms with Crippen molar-refractivity contribution >= 4 is 23.2 Å². The van der Waals surface area contributed by atoms with Crippen LogP contribution in [-0.2, 0) is 0 Å². The third-order valence-corrected chi connectivity index (χ3v) is 3.61. The normalized spacial score (nSPS) is 10.4. The Morgan fingerprint density at radius 2 is 1.85 bits per heavy atom. The molecule has 0 saturated carbocycles. The molecule has 9 heteroatoms. The van der Waals surface area contributed by atoms with Gasteiger partial charge >= 0.3 is 0 Å². The van der Waals surface area contributed by atoms with Crippen molar-refractivity contribution in [1.82, 2.24) is 29.7 Å². The zero-order chi connectivity index (χ0) is 18.5. The number of hydrogen-bond acceptors (Lipinski definition) is 7. The first-order chi connectivity index (χ1) is 13.3. The number of nitrogens with zero attached hydrogens (tertiary/aromatic N) is 6. The molecule has 0 spiro atoms. The third kappa shape index (κ3) is 3.93. The summed E-state index contributed by atoms with van der Waals surface area (Å²) in [5.74, 6) is 0.824. The van der Waals surface area contributed by atoms with Crippen molar-refractivity contribution in [3.63, 3.8) is 0 Å². The lowest BCUT2D eigenvalue weighted by atomic mass is 10.2. The summed E-state index contributed by atoms with van der Waals surface area (Å²) in [6.07, 6.45) is 7.83. The molecule has 4 rings (SSSR count). The molecule has 9 nitrogen and oxygen atoms in total. The molecule has 0 radical (unpaired) electrons. The molecule has 4 aromatic rings. The summed E-state index contributed by atoms with van der Waals surface area (Å²) in [5.41, 5.74) is 1.79. The maximum Gasteiger partial charge on any atom is 0.255 e. The zero-order valence-electron chi connectivity index (χ0n) is 14.0. The lowest BCUT2D eigenvalue weighted by Crippen LogP contribution is -2.12. The summed E-state index contributed by atoms with van der Waals surface area (Å²) in [5, 5.41) is 9.88. The van der Waals surface area contributed by atoms with Gasteiger partial charge in [-0.2, -0.15) is 5.10 Å². The summed E-state index contributed by atoms with van der Waals surface area (Å²) >= 11 is 0. The maximum atomic E-state index is 12.5. The second-order valence-corrected chi connectivity index (χ2v) is 5.48. The van der Waals surface area contributed by atoms with Gasteiger partial charge < -0.3 is 10.6 Å². The van der Waals surface area contributed by atoms with Crippen LogP contribution in [-0.4, -0.2) is 35.6 Å². The van der Waals surface area contributed by atoms with Crippen LogP contribution >= 0.6 is 0 Å². The number of anilines is 3. The van der Waals surface area contributed by atoms with Crippen LogP contribution in [0.25, 0.3) is 5.82 Å². The smallest absolute Gasteiger partial charge is 0.255 e. The van der Waals surface area contributed by atoms with Gasteiger partial charge in [0, 0.05) is 23.6 Å². The Labute approximate surface area is 154 Å². The van der Waals surface area contributed by atoms with Crippen LogP contribution in [0.3, 0.4) is 0 Å². The standard InChI is InChI=1S/C18H14N8O/c27-17(24-15-5-6-16(22-10-15)26-12-19-11-23-26)13-3-1-4-14(9-13)25-18-20-7-2-8-21-18/h1-12H,(H,24,27)(H,20,21,25). The first-order valence-electron chi connectivity index (χ1n) is 8.04. The summed E-state index contributed by atoms with van der Waals surface area (Å²) in [6.45, 7) is 0. The quantitative estimate of drug-likeness (QED) is 0.564. The molecule has 27 heavy (non-hydrogen) atoms. The average molecular weight is 358 g/mol. The second kappa shape index (κ2) is 7.40. The number of carbonyl (C=O) groups is 1. The van der Waals surface area contributed by atoms with E-state index in [1.165, 1.54) is 11.0 Å². The van der Waals surface area contributed by atoms with Gasteiger partial charge in [0.15, 0.2) is 5.82 Å². The number of hydrogen-bond donors (Lipinski definition) is 2. The van der Waals surface area contributed by atoms with Crippen molar-refractivity contribution in [2.75, 3.05) is 10.6 Å². The van der Waals surface area contributed by atoms with E-state index >= 15 is 0 Å². The van der Waals surface area contributed by atoms with Crippen LogP contribution in [0.15, 0.2) is 73.7 Å². The van der Waals surface area contributed by atoms with E-state index in [0.29, 0.717) is 28.7 Å². The molecule has 2 N–H and O–H groups in total. The molecule has 0 unspecified atom stereocenters. The summed E-state index contributed by atoms with van der Waals surface area (Å²) in [4.78, 5) is 28.8. The van der Waals surface area contributed by atoms with Gasteiger partial charge in [-0.1, -0.05) is 6.07 Å². The minimum Gasteiger partial charge on any atom is -0.324 e. The molecule has 0 fully saturated rings. The summed E-state index contributed by atoms with van der Waals surface area (Å²) in [6, 6.07) is 12.3. The van der Waals surface area contributed by atoms with Crippen molar-refractivity contribution in [3.8, 4) is 5.82 Å². The average Bonchev–Trinajstić information content (AvgIpc) is 3.24. The van der Waals surface area contributed by atoms with Gasteiger partial charge in [0.1, 0.15) is 12.7 Å². The predicted molar refractivity (Wildman–Crippen MR) is 98.9 cm³/mol. The molecule has 1 aromatic carbocycles. The van der Waals surface area contributed by atoms with Crippen molar-refractivity contribution in [3.05, 3.63) is 79.3 Å². The third-order valence-electron chi connectivity index (χ3n) is 3.61. The van der Waals surface area contributed by atoms with Gasteiger partial charge in [-0.05, 0) is 36.4 Å². The molecular formula is C18H14N8O. The minimum atomic E-state index is -0.247. The Morgan fingerprint density at radius 3 is 2.59 bits per heavy atom. The Morgan fingerprint density at radius 1 is 0.963 bits per heavy atom. The molecule has 132 valence electrons. The number of nitrogens with one attached hydrogen (secondary N) is 2. The largest absolute Gasteiger partial charge is 0.324 e. The van der Waals surface area contributed by atoms with E-state index in [9.17, 15) is 4.79 Å². The van der Waals surface area contributed by atoms with E-state index in [2.05, 4.69) is 35.7 Å². The van der Waals surface area contributed by atoms with Crippen molar-refractivity contribution < 1.29 is 4.79 Å². The number of pyridine rings is 1. The van der Waals surface area contributed by atoms with Gasteiger partial charge in [-0.15, -0.1) is 0 Å². The van der Waals surface area contributed by atoms with Crippen molar-refractivity contribution in [2.24, 2.45) is 0 Å². The first-order valence-corrected chi connectivity index (χ1v) is 8.04. The van der Waals surface area contributed by atoms with Gasteiger partial charge in [0.05, 0.1) is 11.9 Å². The van der Waals surface area contributed by atoms with Crippen molar-refractivity contribution in [1.29, 1.82) is 0 Å². The molecule has 0 saturated heterocycles. The molecular weight excluding hydrogens is 344 g/mol. The lowest BCUT2D eigenvalue weighted by Gasteiger charge is -2.08. The van der Waals surface area contributed by atoms with Crippen LogP contribution in [0.1, 0.15) is 10.4 Å². The van der Waals surface area contributed by atoms with Gasteiger partial charge in [0.25, 0.3) is 5.91 Å². The number of carbonyl (C=O) groups excluding carboxylic acids is 1. The van der Waals surface area contributed by atoms with E-state index in [-0.39, 0.29) is 5.91 Å². The number of rotatable bonds is 5. The summed E-state index contributed by atoms with van der Waals surface area (Å²) < 4.78 is 1.53. The number of amides is 1. The van der Waals surface area contributed by atoms with Crippen molar-refractivity contribution in [2.45, 2.75) is 0 Å². The molecule has 1 amide bonds. The monoisotopic (exact) mass is 358 g/mol. The fourth-order valence-corrected chi connectivity index (χ4v) is 2.36. The Balaban J connectivity index is 1.46. The Hall–Kier alpha value is -4.14. The SMILES string of the molecule is O=C(Nc1ccc(-n2cncn2)nc1)c1cccc(Nc2ncccn2)c1. The minimum absolute atomic E-state index is 0.247. The number of aromatic nitrogens is 6. The molecule has 0 aliphatic heterocycles. The van der Waals surface area contributed by atoms with Gasteiger partial charge in [0.2, 0.25) is 5.95 Å². The summed E-state index contributed by atoms with van der Waals surface area (Å²) in [7, 11) is 0. The molecule has 3 aromatic heterocycles. The molecule has 0 bridgehead atoms. The number of benzene rings is 1. The lowest BCUT2D eigenvalue weighted by molar-refractivity contribution is 0.102. The van der Waals surface area contributed by atoms with Gasteiger partial charge in [-0.25, -0.2) is 24.6 Å². The Bertz CT molecular complexity index is 1030. The first kappa shape index (κ1) is 16.3. The Kier molecular flexibility index (Phi) is 4.48. The van der Waals surface area contributed by atoms with Gasteiger partial charge in [-0.3, -0.25) is 4.79 Å². The van der Waals surface area contributed by atoms with E-state index < -0.39 is 0 Å². The van der Waals surface area contributed by atoms with Crippen LogP contribution in [0.4, 0.5) is 17.3 Å². The van der Waals surface area contributed by atoms with Crippen LogP contribution < -0.4 is 10.6 Å². The van der Waals surface area contributed by atoms with Crippen LogP contribution in [0.2, 0.25) is 0 Å². The molecule has 0 atom stereocenters. The molecule has 0 aliphatic carbocycles. The highest BCUT2D eigenvalue weighted by molar-refractivity contribution is 6.04. The fourth-order valence-electron chi connectivity index (χ4n) is 2.36. The highest BCUT2D eigenvalue weighted by Crippen LogP contribution is 2.16. The molecule has 3 heterocycles.